The molecule has 0 aliphatic carbocycles. The van der Waals surface area contributed by atoms with Crippen LogP contribution in [0.5, 0.6) is 0 Å². The SMILES string of the molecule is Cc1nc2cc(N)c(C)cc2[nH]1. The van der Waals surface area contributed by atoms with Crippen LogP contribution < -0.4 is 5.73 Å². The highest BCUT2D eigenvalue weighted by Crippen LogP contribution is 2.18. The summed E-state index contributed by atoms with van der Waals surface area (Å²) in [6.45, 7) is 3.93. The lowest BCUT2D eigenvalue weighted by molar-refractivity contribution is 1.17. The second-order valence-electron chi connectivity index (χ2n) is 3.05. The Morgan fingerprint density at radius 3 is 2.83 bits per heavy atom. The molecule has 2 aromatic rings. The van der Waals surface area contributed by atoms with Crippen LogP contribution in [0.4, 0.5) is 5.69 Å². The smallest absolute Gasteiger partial charge is 0.104 e. The summed E-state index contributed by atoms with van der Waals surface area (Å²) in [6, 6.07) is 3.92. The van der Waals surface area contributed by atoms with Crippen molar-refractivity contribution in [2.75, 3.05) is 5.73 Å². The molecule has 3 N–H and O–H groups in total. The van der Waals surface area contributed by atoms with Crippen molar-refractivity contribution in [1.82, 2.24) is 9.97 Å². The van der Waals surface area contributed by atoms with Crippen molar-refractivity contribution >= 4 is 16.7 Å². The summed E-state index contributed by atoms with van der Waals surface area (Å²) in [6.07, 6.45) is 0. The molecule has 1 heterocycles. The van der Waals surface area contributed by atoms with E-state index in [9.17, 15) is 0 Å². The van der Waals surface area contributed by atoms with E-state index in [1.807, 2.05) is 26.0 Å². The van der Waals surface area contributed by atoms with Crippen molar-refractivity contribution in [3.8, 4) is 0 Å². The van der Waals surface area contributed by atoms with E-state index in [-0.39, 0.29) is 0 Å². The van der Waals surface area contributed by atoms with E-state index in [2.05, 4.69) is 9.97 Å². The van der Waals surface area contributed by atoms with Gasteiger partial charge in [-0.05, 0) is 31.5 Å². The number of nitrogens with two attached hydrogens (primary N) is 1. The third-order valence-electron chi connectivity index (χ3n) is 1.99. The normalized spacial score (nSPS) is 10.8. The number of aromatic amines is 1. The van der Waals surface area contributed by atoms with Crippen molar-refractivity contribution in [2.45, 2.75) is 13.8 Å². The molecule has 3 nitrogen and oxygen atoms in total. The highest BCUT2D eigenvalue weighted by Gasteiger charge is 2.01. The molecule has 0 fully saturated rings. The fourth-order valence-electron chi connectivity index (χ4n) is 1.31. The van der Waals surface area contributed by atoms with Crippen molar-refractivity contribution in [1.29, 1.82) is 0 Å². The third-order valence-corrected chi connectivity index (χ3v) is 1.99. The number of hydrogen-bond donors (Lipinski definition) is 2. The number of aromatic nitrogens is 2. The van der Waals surface area contributed by atoms with Gasteiger partial charge in [0.15, 0.2) is 0 Å². The van der Waals surface area contributed by atoms with Crippen LogP contribution in [0.1, 0.15) is 11.4 Å². The molecule has 3 heteroatoms. The standard InChI is InChI=1S/C9H11N3/c1-5-3-8-9(4-7(5)10)12-6(2)11-8/h3-4H,10H2,1-2H3,(H,11,12). The van der Waals surface area contributed by atoms with Crippen LogP contribution in [0.3, 0.4) is 0 Å². The minimum atomic E-state index is 0.800. The molecule has 2 rings (SSSR count). The van der Waals surface area contributed by atoms with Gasteiger partial charge in [-0.25, -0.2) is 4.98 Å². The van der Waals surface area contributed by atoms with Gasteiger partial charge in [0.05, 0.1) is 11.0 Å². The zero-order chi connectivity index (χ0) is 8.72. The molecule has 0 radical (unpaired) electrons. The van der Waals surface area contributed by atoms with Gasteiger partial charge in [0, 0.05) is 5.69 Å². The van der Waals surface area contributed by atoms with E-state index in [0.29, 0.717) is 0 Å². The molecule has 0 aliphatic rings. The van der Waals surface area contributed by atoms with E-state index < -0.39 is 0 Å². The largest absolute Gasteiger partial charge is 0.398 e. The lowest BCUT2D eigenvalue weighted by atomic mass is 10.2. The topological polar surface area (TPSA) is 54.7 Å². The van der Waals surface area contributed by atoms with E-state index in [1.165, 1.54) is 0 Å². The lowest BCUT2D eigenvalue weighted by Crippen LogP contribution is -1.88. The molecule has 62 valence electrons. The van der Waals surface area contributed by atoms with Crippen LogP contribution in [-0.2, 0) is 0 Å². The number of anilines is 1. The summed E-state index contributed by atoms with van der Waals surface area (Å²) in [7, 11) is 0. The number of benzene rings is 1. The second kappa shape index (κ2) is 2.24. The quantitative estimate of drug-likeness (QED) is 0.578. The minimum Gasteiger partial charge on any atom is -0.398 e. The maximum atomic E-state index is 5.74. The molecule has 0 saturated carbocycles. The number of hydrogen-bond acceptors (Lipinski definition) is 2. The molecule has 0 atom stereocenters. The zero-order valence-corrected chi connectivity index (χ0v) is 7.18. The molecule has 0 aliphatic heterocycles. The maximum absolute atomic E-state index is 5.74. The van der Waals surface area contributed by atoms with Gasteiger partial charge in [-0.3, -0.25) is 0 Å². The Hall–Kier alpha value is -1.51. The molecule has 1 aromatic heterocycles. The van der Waals surface area contributed by atoms with Gasteiger partial charge in [0.25, 0.3) is 0 Å². The number of aryl methyl sites for hydroxylation is 2. The highest BCUT2D eigenvalue weighted by atomic mass is 14.9. The monoisotopic (exact) mass is 161 g/mol. The fraction of sp³-hybridized carbons (Fsp3) is 0.222. The van der Waals surface area contributed by atoms with Crippen molar-refractivity contribution in [3.63, 3.8) is 0 Å². The van der Waals surface area contributed by atoms with Crippen molar-refractivity contribution < 1.29 is 0 Å². The summed E-state index contributed by atoms with van der Waals surface area (Å²) < 4.78 is 0. The van der Waals surface area contributed by atoms with Crippen LogP contribution in [-0.4, -0.2) is 9.97 Å². The first-order valence-corrected chi connectivity index (χ1v) is 3.89. The maximum Gasteiger partial charge on any atom is 0.104 e. The van der Waals surface area contributed by atoms with E-state index >= 15 is 0 Å². The molecule has 0 bridgehead atoms. The lowest BCUT2D eigenvalue weighted by Gasteiger charge is -1.97. The van der Waals surface area contributed by atoms with E-state index in [4.69, 9.17) is 5.73 Å². The molecule has 12 heavy (non-hydrogen) atoms. The van der Waals surface area contributed by atoms with Crippen LogP contribution in [0.25, 0.3) is 11.0 Å². The predicted molar refractivity (Wildman–Crippen MR) is 50.0 cm³/mol. The van der Waals surface area contributed by atoms with Gasteiger partial charge in [-0.15, -0.1) is 0 Å². The Morgan fingerprint density at radius 1 is 1.33 bits per heavy atom. The Kier molecular flexibility index (Phi) is 1.33. The zero-order valence-electron chi connectivity index (χ0n) is 7.18. The number of nitrogens with one attached hydrogen (secondary N) is 1. The van der Waals surface area contributed by atoms with Gasteiger partial charge >= 0.3 is 0 Å². The summed E-state index contributed by atoms with van der Waals surface area (Å²) >= 11 is 0. The van der Waals surface area contributed by atoms with Gasteiger partial charge in [-0.2, -0.15) is 0 Å². The number of H-pyrrole nitrogens is 1. The molecular weight excluding hydrogens is 150 g/mol. The Bertz CT molecular complexity index is 390. The molecule has 0 amide bonds. The Balaban J connectivity index is 2.83. The molecule has 0 unspecified atom stereocenters. The average Bonchev–Trinajstić information content (AvgIpc) is 2.30. The minimum absolute atomic E-state index is 0.800. The number of nitrogen functional groups attached to an aromatic ring is 1. The van der Waals surface area contributed by atoms with E-state index in [1.54, 1.807) is 0 Å². The summed E-state index contributed by atoms with van der Waals surface area (Å²) in [5.74, 6) is 0.926. The van der Waals surface area contributed by atoms with Crippen LogP contribution in [0.2, 0.25) is 0 Å². The van der Waals surface area contributed by atoms with Gasteiger partial charge < -0.3 is 10.7 Å². The molecular formula is C9H11N3. The number of rotatable bonds is 0. The van der Waals surface area contributed by atoms with Gasteiger partial charge in [0.2, 0.25) is 0 Å². The van der Waals surface area contributed by atoms with Crippen LogP contribution >= 0.6 is 0 Å². The first kappa shape index (κ1) is 7.16. The van der Waals surface area contributed by atoms with Gasteiger partial charge in [0.1, 0.15) is 5.82 Å². The highest BCUT2D eigenvalue weighted by molar-refractivity contribution is 5.80. The second-order valence-corrected chi connectivity index (χ2v) is 3.05. The Labute approximate surface area is 70.6 Å². The fourth-order valence-corrected chi connectivity index (χ4v) is 1.31. The molecule has 0 saturated heterocycles. The third kappa shape index (κ3) is 0.942. The molecule has 1 aromatic carbocycles. The van der Waals surface area contributed by atoms with Crippen LogP contribution in [0.15, 0.2) is 12.1 Å². The predicted octanol–water partition coefficient (Wildman–Crippen LogP) is 1.76. The van der Waals surface area contributed by atoms with Crippen LogP contribution in [0, 0.1) is 13.8 Å². The average molecular weight is 161 g/mol. The number of nitrogens with zero attached hydrogens (tertiary/aromatic N) is 1. The Morgan fingerprint density at radius 2 is 2.08 bits per heavy atom. The number of fused-ring (bicyclic) bond motifs is 1. The number of imidazole rings is 1. The summed E-state index contributed by atoms with van der Waals surface area (Å²) in [4.78, 5) is 7.44. The first-order valence-electron chi connectivity index (χ1n) is 3.89. The van der Waals surface area contributed by atoms with Gasteiger partial charge in [-0.1, -0.05) is 0 Å². The summed E-state index contributed by atoms with van der Waals surface area (Å²) in [5.41, 5.74) is 9.63. The van der Waals surface area contributed by atoms with Crippen molar-refractivity contribution in [2.24, 2.45) is 0 Å². The van der Waals surface area contributed by atoms with E-state index in [0.717, 1.165) is 28.1 Å². The first-order chi connectivity index (χ1) is 5.66. The summed E-state index contributed by atoms with van der Waals surface area (Å²) in [5, 5.41) is 0. The van der Waals surface area contributed by atoms with Crippen molar-refractivity contribution in [3.05, 3.63) is 23.5 Å². The molecule has 0 spiro atoms.